The Kier molecular flexibility index (Phi) is 4.74. The highest BCUT2D eigenvalue weighted by molar-refractivity contribution is 7.86. The molecule has 0 aliphatic heterocycles. The van der Waals surface area contributed by atoms with Crippen LogP contribution in [0.25, 0.3) is 0 Å². The van der Waals surface area contributed by atoms with Gasteiger partial charge in [0.1, 0.15) is 6.23 Å². The van der Waals surface area contributed by atoms with Gasteiger partial charge in [0.25, 0.3) is 10.1 Å². The van der Waals surface area contributed by atoms with Crippen LogP contribution < -0.4 is 0 Å². The van der Waals surface area contributed by atoms with Crippen molar-refractivity contribution in [1.82, 2.24) is 4.90 Å². The SMILES string of the molecule is CCN(CC)C(C)OS(C)(=O)=O. The maximum absolute atomic E-state index is 10.7. The third-order valence-electron chi connectivity index (χ3n) is 1.64. The third kappa shape index (κ3) is 4.69. The first-order valence-corrected chi connectivity index (χ1v) is 5.84. The molecule has 0 rings (SSSR count). The van der Waals surface area contributed by atoms with Gasteiger partial charge in [-0.3, -0.25) is 9.08 Å². The molecule has 0 spiro atoms. The van der Waals surface area contributed by atoms with Crippen LogP contribution in [0.15, 0.2) is 0 Å². The van der Waals surface area contributed by atoms with Crippen molar-refractivity contribution in [2.45, 2.75) is 27.0 Å². The Morgan fingerprint density at radius 2 is 1.75 bits per heavy atom. The molecule has 1 unspecified atom stereocenters. The number of rotatable bonds is 5. The van der Waals surface area contributed by atoms with Crippen LogP contribution >= 0.6 is 0 Å². The van der Waals surface area contributed by atoms with Crippen LogP contribution in [0.1, 0.15) is 20.8 Å². The summed E-state index contributed by atoms with van der Waals surface area (Å²) in [7, 11) is -3.33. The first kappa shape index (κ1) is 11.9. The number of hydrogen-bond acceptors (Lipinski definition) is 4. The van der Waals surface area contributed by atoms with Gasteiger partial charge in [-0.2, -0.15) is 8.42 Å². The zero-order chi connectivity index (χ0) is 9.78. The fourth-order valence-electron chi connectivity index (χ4n) is 1.05. The molecule has 0 heterocycles. The van der Waals surface area contributed by atoms with Crippen LogP contribution in [0, 0.1) is 0 Å². The summed E-state index contributed by atoms with van der Waals surface area (Å²) in [6.07, 6.45) is 0.697. The van der Waals surface area contributed by atoms with E-state index in [-0.39, 0.29) is 6.23 Å². The second-order valence-electron chi connectivity index (χ2n) is 2.62. The highest BCUT2D eigenvalue weighted by Crippen LogP contribution is 2.03. The standard InChI is InChI=1S/C7H17NO3S/c1-5-8(6-2)7(3)11-12(4,9)10/h7H,5-6H2,1-4H3. The van der Waals surface area contributed by atoms with Crippen LogP contribution in [0.2, 0.25) is 0 Å². The third-order valence-corrected chi connectivity index (χ3v) is 2.27. The largest absolute Gasteiger partial charge is 0.278 e. The van der Waals surface area contributed by atoms with Crippen molar-refractivity contribution >= 4 is 10.1 Å². The summed E-state index contributed by atoms with van der Waals surface area (Å²) in [5.41, 5.74) is 0. The summed E-state index contributed by atoms with van der Waals surface area (Å²) in [6.45, 7) is 7.23. The lowest BCUT2D eigenvalue weighted by Crippen LogP contribution is -2.36. The Hall–Kier alpha value is -0.130. The molecule has 0 saturated carbocycles. The first-order valence-electron chi connectivity index (χ1n) is 4.03. The molecule has 0 saturated heterocycles. The van der Waals surface area contributed by atoms with E-state index in [0.29, 0.717) is 0 Å². The second-order valence-corrected chi connectivity index (χ2v) is 4.22. The van der Waals surface area contributed by atoms with E-state index in [2.05, 4.69) is 0 Å². The lowest BCUT2D eigenvalue weighted by atomic mass is 10.5. The quantitative estimate of drug-likeness (QED) is 0.477. The van der Waals surface area contributed by atoms with E-state index >= 15 is 0 Å². The molecule has 0 radical (unpaired) electrons. The van der Waals surface area contributed by atoms with Gasteiger partial charge in [0.2, 0.25) is 0 Å². The fourth-order valence-corrected chi connectivity index (χ4v) is 1.68. The number of nitrogens with zero attached hydrogens (tertiary/aromatic N) is 1. The average molecular weight is 195 g/mol. The van der Waals surface area contributed by atoms with E-state index in [4.69, 9.17) is 4.18 Å². The molecule has 1 atom stereocenters. The molecular formula is C7H17NO3S. The molecule has 4 nitrogen and oxygen atoms in total. The van der Waals surface area contributed by atoms with Gasteiger partial charge in [0.15, 0.2) is 0 Å². The van der Waals surface area contributed by atoms with Crippen molar-refractivity contribution in [3.05, 3.63) is 0 Å². The maximum Gasteiger partial charge on any atom is 0.265 e. The summed E-state index contributed by atoms with van der Waals surface area (Å²) in [6, 6.07) is 0. The van der Waals surface area contributed by atoms with E-state index < -0.39 is 10.1 Å². The van der Waals surface area contributed by atoms with Gasteiger partial charge < -0.3 is 0 Å². The molecule has 74 valence electrons. The monoisotopic (exact) mass is 195 g/mol. The Labute approximate surface area is 74.6 Å². The molecule has 0 aromatic heterocycles. The van der Waals surface area contributed by atoms with Crippen molar-refractivity contribution in [2.24, 2.45) is 0 Å². The van der Waals surface area contributed by atoms with E-state index in [1.54, 1.807) is 6.92 Å². The minimum Gasteiger partial charge on any atom is -0.278 e. The Balaban J connectivity index is 4.10. The van der Waals surface area contributed by atoms with Gasteiger partial charge in [-0.1, -0.05) is 13.8 Å². The minimum absolute atomic E-state index is 0.366. The number of hydrogen-bond donors (Lipinski definition) is 0. The fraction of sp³-hybridized carbons (Fsp3) is 1.00. The lowest BCUT2D eigenvalue weighted by molar-refractivity contribution is 0.0547. The van der Waals surface area contributed by atoms with Gasteiger partial charge in [-0.25, -0.2) is 0 Å². The summed E-state index contributed by atoms with van der Waals surface area (Å²) < 4.78 is 26.2. The molecule has 5 heteroatoms. The predicted octanol–water partition coefficient (Wildman–Crippen LogP) is 0.650. The van der Waals surface area contributed by atoms with Gasteiger partial charge in [-0.05, 0) is 20.0 Å². The second kappa shape index (κ2) is 4.79. The van der Waals surface area contributed by atoms with Crippen LogP contribution in [0.4, 0.5) is 0 Å². The zero-order valence-electron chi connectivity index (χ0n) is 8.07. The minimum atomic E-state index is -3.33. The van der Waals surface area contributed by atoms with E-state index in [0.717, 1.165) is 19.3 Å². The predicted molar refractivity (Wildman–Crippen MR) is 48.3 cm³/mol. The van der Waals surface area contributed by atoms with Crippen molar-refractivity contribution in [3.63, 3.8) is 0 Å². The maximum atomic E-state index is 10.7. The van der Waals surface area contributed by atoms with Crippen LogP contribution in [-0.4, -0.2) is 38.9 Å². The smallest absolute Gasteiger partial charge is 0.265 e. The van der Waals surface area contributed by atoms with Crippen LogP contribution in [0.5, 0.6) is 0 Å². The van der Waals surface area contributed by atoms with Crippen molar-refractivity contribution in [3.8, 4) is 0 Å². The average Bonchev–Trinajstić information content (AvgIpc) is 1.85. The Morgan fingerprint density at radius 1 is 1.33 bits per heavy atom. The molecule has 0 bridgehead atoms. The molecule has 12 heavy (non-hydrogen) atoms. The van der Waals surface area contributed by atoms with Gasteiger partial charge in [0.05, 0.1) is 6.26 Å². The van der Waals surface area contributed by atoms with Crippen LogP contribution in [-0.2, 0) is 14.3 Å². The normalized spacial score (nSPS) is 15.1. The van der Waals surface area contributed by atoms with Gasteiger partial charge in [-0.15, -0.1) is 0 Å². The molecule has 0 aromatic carbocycles. The summed E-state index contributed by atoms with van der Waals surface area (Å²) >= 11 is 0. The zero-order valence-corrected chi connectivity index (χ0v) is 8.89. The van der Waals surface area contributed by atoms with E-state index in [9.17, 15) is 8.42 Å². The van der Waals surface area contributed by atoms with Crippen molar-refractivity contribution < 1.29 is 12.6 Å². The summed E-state index contributed by atoms with van der Waals surface area (Å²) in [5.74, 6) is 0. The van der Waals surface area contributed by atoms with Crippen molar-refractivity contribution in [1.29, 1.82) is 0 Å². The molecule has 0 aromatic rings. The highest BCUT2D eigenvalue weighted by atomic mass is 32.2. The molecule has 0 aliphatic carbocycles. The van der Waals surface area contributed by atoms with E-state index in [1.807, 2.05) is 18.7 Å². The highest BCUT2D eigenvalue weighted by Gasteiger charge is 2.15. The summed E-state index contributed by atoms with van der Waals surface area (Å²) in [4.78, 5) is 1.92. The molecule has 0 N–H and O–H groups in total. The molecule has 0 fully saturated rings. The molecule has 0 aliphatic rings. The lowest BCUT2D eigenvalue weighted by Gasteiger charge is -2.24. The van der Waals surface area contributed by atoms with Crippen LogP contribution in [0.3, 0.4) is 0 Å². The van der Waals surface area contributed by atoms with Crippen molar-refractivity contribution in [2.75, 3.05) is 19.3 Å². The van der Waals surface area contributed by atoms with Gasteiger partial charge >= 0.3 is 0 Å². The van der Waals surface area contributed by atoms with E-state index in [1.165, 1.54) is 0 Å². The summed E-state index contributed by atoms with van der Waals surface area (Å²) in [5, 5.41) is 0. The van der Waals surface area contributed by atoms with Gasteiger partial charge in [0, 0.05) is 0 Å². The Bertz CT molecular complexity index is 209. The molecular weight excluding hydrogens is 178 g/mol. The first-order chi connectivity index (χ1) is 5.40. The Morgan fingerprint density at radius 3 is 2.00 bits per heavy atom. The topological polar surface area (TPSA) is 46.6 Å². The molecule has 0 amide bonds.